The van der Waals surface area contributed by atoms with Gasteiger partial charge in [-0.05, 0) is 37.1 Å². The first-order chi connectivity index (χ1) is 21.0. The SMILES string of the molecule is COc1cc(/C=C/C(=O)N2CCN(CC(=O)N3CCCC3)CC2)c(-n2c3ccccc3c3ccncc32)c(OC)c1OC. The van der Waals surface area contributed by atoms with Gasteiger partial charge in [0, 0.05) is 67.9 Å². The number of pyridine rings is 1. The molecule has 2 amide bonds. The third kappa shape index (κ3) is 5.38. The molecule has 0 aliphatic carbocycles. The van der Waals surface area contributed by atoms with Gasteiger partial charge in [0.05, 0.1) is 45.1 Å². The summed E-state index contributed by atoms with van der Waals surface area (Å²) in [6, 6.07) is 12.0. The molecule has 2 saturated heterocycles. The first-order valence-corrected chi connectivity index (χ1v) is 14.7. The minimum atomic E-state index is -0.0888. The maximum atomic E-state index is 13.4. The maximum absolute atomic E-state index is 13.4. The molecule has 0 atom stereocenters. The summed E-state index contributed by atoms with van der Waals surface area (Å²) >= 11 is 0. The zero-order valence-corrected chi connectivity index (χ0v) is 24.9. The normalized spacial score (nSPS) is 16.0. The van der Waals surface area contributed by atoms with Crippen LogP contribution in [0.2, 0.25) is 0 Å². The Hall–Kier alpha value is -4.57. The monoisotopic (exact) mass is 583 g/mol. The van der Waals surface area contributed by atoms with Crippen LogP contribution in [0.3, 0.4) is 0 Å². The summed E-state index contributed by atoms with van der Waals surface area (Å²) in [6.45, 7) is 4.60. The molecule has 224 valence electrons. The Balaban J connectivity index is 1.33. The fourth-order valence-electron chi connectivity index (χ4n) is 6.23. The molecule has 4 heterocycles. The van der Waals surface area contributed by atoms with E-state index in [4.69, 9.17) is 14.2 Å². The van der Waals surface area contributed by atoms with E-state index in [9.17, 15) is 9.59 Å². The van der Waals surface area contributed by atoms with Crippen molar-refractivity contribution in [3.63, 3.8) is 0 Å². The summed E-state index contributed by atoms with van der Waals surface area (Å²) in [5.74, 6) is 1.53. The fourth-order valence-corrected chi connectivity index (χ4v) is 6.23. The molecule has 0 radical (unpaired) electrons. The van der Waals surface area contributed by atoms with Crippen LogP contribution < -0.4 is 14.2 Å². The Morgan fingerprint density at radius 1 is 0.837 bits per heavy atom. The first-order valence-electron chi connectivity index (χ1n) is 14.7. The Bertz CT molecular complexity index is 1630. The number of nitrogens with zero attached hydrogens (tertiary/aromatic N) is 5. The molecule has 43 heavy (non-hydrogen) atoms. The van der Waals surface area contributed by atoms with E-state index in [-0.39, 0.29) is 11.8 Å². The lowest BCUT2D eigenvalue weighted by Crippen LogP contribution is -2.51. The lowest BCUT2D eigenvalue weighted by atomic mass is 10.1. The quantitative estimate of drug-likeness (QED) is 0.290. The summed E-state index contributed by atoms with van der Waals surface area (Å²) in [6.07, 6.45) is 9.19. The molecule has 0 N–H and O–H groups in total. The highest BCUT2D eigenvalue weighted by atomic mass is 16.5. The van der Waals surface area contributed by atoms with Crippen molar-refractivity contribution in [1.29, 1.82) is 0 Å². The summed E-state index contributed by atoms with van der Waals surface area (Å²) in [5.41, 5.74) is 3.31. The average Bonchev–Trinajstić information content (AvgIpc) is 3.70. The van der Waals surface area contributed by atoms with Gasteiger partial charge in [-0.1, -0.05) is 18.2 Å². The third-order valence-electron chi connectivity index (χ3n) is 8.44. The molecular formula is C33H37N5O5. The van der Waals surface area contributed by atoms with Gasteiger partial charge in [-0.2, -0.15) is 0 Å². The van der Waals surface area contributed by atoms with Crippen LogP contribution in [0.5, 0.6) is 17.2 Å². The number of hydrogen-bond donors (Lipinski definition) is 0. The molecule has 2 aromatic carbocycles. The highest BCUT2D eigenvalue weighted by Crippen LogP contribution is 2.46. The second-order valence-corrected chi connectivity index (χ2v) is 10.9. The van der Waals surface area contributed by atoms with Crippen molar-refractivity contribution in [2.24, 2.45) is 0 Å². The summed E-state index contributed by atoms with van der Waals surface area (Å²) in [7, 11) is 4.75. The number of ether oxygens (including phenoxy) is 3. The van der Waals surface area contributed by atoms with Gasteiger partial charge in [0.25, 0.3) is 0 Å². The van der Waals surface area contributed by atoms with Crippen LogP contribution in [-0.2, 0) is 9.59 Å². The van der Waals surface area contributed by atoms with Crippen LogP contribution in [0.1, 0.15) is 18.4 Å². The van der Waals surface area contributed by atoms with Crippen molar-refractivity contribution in [1.82, 2.24) is 24.3 Å². The van der Waals surface area contributed by atoms with Gasteiger partial charge in [0.2, 0.25) is 17.6 Å². The number of hydrogen-bond acceptors (Lipinski definition) is 7. The number of fused-ring (bicyclic) bond motifs is 3. The van der Waals surface area contributed by atoms with Gasteiger partial charge in [-0.3, -0.25) is 19.5 Å². The number of amides is 2. The maximum Gasteiger partial charge on any atom is 0.246 e. The summed E-state index contributed by atoms with van der Waals surface area (Å²) in [4.78, 5) is 36.3. The van der Waals surface area contributed by atoms with Gasteiger partial charge < -0.3 is 28.6 Å². The molecular weight excluding hydrogens is 546 g/mol. The smallest absolute Gasteiger partial charge is 0.246 e. The number of rotatable bonds is 8. The number of carbonyl (C=O) groups is 2. The number of methoxy groups -OCH3 is 3. The molecule has 2 aliphatic rings. The van der Waals surface area contributed by atoms with Crippen LogP contribution in [-0.4, -0.2) is 103 Å². The third-order valence-corrected chi connectivity index (χ3v) is 8.44. The summed E-state index contributed by atoms with van der Waals surface area (Å²) in [5, 5.41) is 2.12. The molecule has 6 rings (SSSR count). The average molecular weight is 584 g/mol. The van der Waals surface area contributed by atoms with E-state index in [1.807, 2.05) is 46.3 Å². The van der Waals surface area contributed by atoms with E-state index < -0.39 is 0 Å². The van der Waals surface area contributed by atoms with Crippen LogP contribution in [0.25, 0.3) is 33.6 Å². The number of benzene rings is 2. The van der Waals surface area contributed by atoms with Gasteiger partial charge in [-0.25, -0.2) is 0 Å². The number of piperazine rings is 1. The molecule has 0 spiro atoms. The lowest BCUT2D eigenvalue weighted by molar-refractivity contribution is -0.132. The molecule has 10 nitrogen and oxygen atoms in total. The van der Waals surface area contributed by atoms with E-state index in [2.05, 4.69) is 26.6 Å². The Morgan fingerprint density at radius 3 is 2.28 bits per heavy atom. The van der Waals surface area contributed by atoms with Crippen molar-refractivity contribution in [2.45, 2.75) is 12.8 Å². The van der Waals surface area contributed by atoms with Crippen LogP contribution in [0.4, 0.5) is 0 Å². The Kier molecular flexibility index (Phi) is 8.20. The van der Waals surface area contributed by atoms with Crippen molar-refractivity contribution in [3.8, 4) is 22.9 Å². The molecule has 0 unspecified atom stereocenters. The van der Waals surface area contributed by atoms with Crippen LogP contribution in [0, 0.1) is 0 Å². The van der Waals surface area contributed by atoms with Crippen molar-refractivity contribution in [2.75, 3.05) is 67.1 Å². The zero-order valence-electron chi connectivity index (χ0n) is 24.9. The Labute approximate surface area is 251 Å². The van der Waals surface area contributed by atoms with E-state index in [0.717, 1.165) is 53.3 Å². The summed E-state index contributed by atoms with van der Waals surface area (Å²) < 4.78 is 19.5. The lowest BCUT2D eigenvalue weighted by Gasteiger charge is -2.34. The predicted octanol–water partition coefficient (Wildman–Crippen LogP) is 3.98. The molecule has 0 saturated carbocycles. The highest BCUT2D eigenvalue weighted by Gasteiger charge is 2.26. The molecule has 2 fully saturated rings. The van der Waals surface area contributed by atoms with Crippen LogP contribution in [0.15, 0.2) is 54.9 Å². The largest absolute Gasteiger partial charge is 0.493 e. The zero-order chi connectivity index (χ0) is 29.9. The van der Waals surface area contributed by atoms with Gasteiger partial charge in [0.15, 0.2) is 11.5 Å². The standard InChI is InChI=1S/C33H37N5O5/c1-41-28-20-23(10-11-29(39)37-18-16-35(17-19-37)22-30(40)36-14-6-7-15-36)31(33(43-3)32(28)42-2)38-26-9-5-4-8-24(26)25-12-13-34-21-27(25)38/h4-5,8-13,20-21H,6-7,14-19,22H2,1-3H3/b11-10+. The van der Waals surface area contributed by atoms with Crippen molar-refractivity contribution < 1.29 is 23.8 Å². The van der Waals surface area contributed by atoms with Crippen molar-refractivity contribution in [3.05, 3.63) is 60.4 Å². The number of carbonyl (C=O) groups excluding carboxylic acids is 2. The first kappa shape index (κ1) is 28.5. The highest BCUT2D eigenvalue weighted by molar-refractivity contribution is 6.09. The van der Waals surface area contributed by atoms with E-state index in [1.54, 1.807) is 33.6 Å². The van der Waals surface area contributed by atoms with Gasteiger partial charge in [0.1, 0.15) is 5.69 Å². The predicted molar refractivity (Wildman–Crippen MR) is 166 cm³/mol. The minimum Gasteiger partial charge on any atom is -0.493 e. The van der Waals surface area contributed by atoms with E-state index in [1.165, 1.54) is 0 Å². The van der Waals surface area contributed by atoms with E-state index in [0.29, 0.717) is 55.7 Å². The topological polar surface area (TPSA) is 89.4 Å². The minimum absolute atomic E-state index is 0.0888. The molecule has 2 aliphatic heterocycles. The van der Waals surface area contributed by atoms with Crippen LogP contribution >= 0.6 is 0 Å². The second kappa shape index (κ2) is 12.3. The van der Waals surface area contributed by atoms with Gasteiger partial charge >= 0.3 is 0 Å². The fraction of sp³-hybridized carbons (Fsp3) is 0.364. The van der Waals surface area contributed by atoms with Gasteiger partial charge in [-0.15, -0.1) is 0 Å². The number of aromatic nitrogens is 2. The van der Waals surface area contributed by atoms with E-state index >= 15 is 0 Å². The molecule has 2 aromatic heterocycles. The molecule has 0 bridgehead atoms. The number of para-hydroxylation sites is 1. The Morgan fingerprint density at radius 2 is 1.56 bits per heavy atom. The molecule has 10 heteroatoms. The van der Waals surface area contributed by atoms with Crippen molar-refractivity contribution >= 4 is 39.7 Å². The molecule has 4 aromatic rings. The second-order valence-electron chi connectivity index (χ2n) is 10.9. The number of likely N-dealkylation sites (tertiary alicyclic amines) is 1.